The molecule has 0 aliphatic heterocycles. The van der Waals surface area contributed by atoms with Gasteiger partial charge in [-0.1, -0.05) is 13.5 Å². The molecule has 0 N–H and O–H groups in total. The van der Waals surface area contributed by atoms with Crippen molar-refractivity contribution in [2.45, 2.75) is 25.2 Å². The molecule has 0 aliphatic carbocycles. The molecule has 0 aliphatic rings. The summed E-state index contributed by atoms with van der Waals surface area (Å²) in [6, 6.07) is 0. The molecule has 0 amide bonds. The van der Waals surface area contributed by atoms with E-state index in [1.165, 1.54) is 0 Å². The lowest BCUT2D eigenvalue weighted by Gasteiger charge is -2.21. The minimum Gasteiger partial charge on any atom is -0.200 e. The smallest absolute Gasteiger partial charge is 0.200 e. The number of hydrogen-bond donors (Lipinski definition) is 0. The van der Waals surface area contributed by atoms with E-state index in [0.29, 0.717) is 0 Å². The van der Waals surface area contributed by atoms with Crippen LogP contribution in [-0.4, -0.2) is 11.8 Å². The molecule has 0 saturated carbocycles. The Morgan fingerprint density at radius 3 is 1.80 bits per heavy atom. The van der Waals surface area contributed by atoms with Crippen molar-refractivity contribution in [1.82, 2.24) is 0 Å². The van der Waals surface area contributed by atoms with Gasteiger partial charge < -0.3 is 0 Å². The van der Waals surface area contributed by atoms with Crippen molar-refractivity contribution < 1.29 is 17.6 Å². The van der Waals surface area contributed by atoms with Crippen LogP contribution in [0.15, 0.2) is 12.7 Å². The predicted octanol–water partition coefficient (Wildman–Crippen LogP) is 2.85. The second kappa shape index (κ2) is 2.60. The van der Waals surface area contributed by atoms with Crippen molar-refractivity contribution in [3.05, 3.63) is 12.7 Å². The molecule has 0 bridgehead atoms. The lowest BCUT2D eigenvalue weighted by atomic mass is 10.1. The molecule has 0 radical (unpaired) electrons. The molecule has 60 valence electrons. The summed E-state index contributed by atoms with van der Waals surface area (Å²) in [7, 11) is 0. The van der Waals surface area contributed by atoms with Crippen molar-refractivity contribution in [2.75, 3.05) is 0 Å². The van der Waals surface area contributed by atoms with Gasteiger partial charge in [-0.2, -0.15) is 17.6 Å². The van der Waals surface area contributed by atoms with Gasteiger partial charge in [-0.05, 0) is 6.08 Å². The zero-order valence-electron chi connectivity index (χ0n) is 5.50. The van der Waals surface area contributed by atoms with Crippen molar-refractivity contribution in [3.8, 4) is 0 Å². The van der Waals surface area contributed by atoms with Crippen LogP contribution in [0.5, 0.6) is 0 Å². The topological polar surface area (TPSA) is 0 Å². The van der Waals surface area contributed by atoms with Crippen molar-refractivity contribution in [3.63, 3.8) is 0 Å². The molecule has 0 spiro atoms. The maximum absolute atomic E-state index is 12.1. The second-order valence-corrected chi connectivity index (χ2v) is 1.89. The zero-order valence-corrected chi connectivity index (χ0v) is 5.50. The van der Waals surface area contributed by atoms with Crippen LogP contribution < -0.4 is 0 Å². The van der Waals surface area contributed by atoms with E-state index >= 15 is 0 Å². The summed E-state index contributed by atoms with van der Waals surface area (Å²) in [6.07, 6.45) is -0.914. The molecule has 0 aromatic heterocycles. The molecule has 0 rings (SSSR count). The monoisotopic (exact) mass is 156 g/mol. The quantitative estimate of drug-likeness (QED) is 0.435. The molecule has 10 heavy (non-hydrogen) atoms. The van der Waals surface area contributed by atoms with Crippen LogP contribution in [0.1, 0.15) is 13.3 Å². The summed E-state index contributed by atoms with van der Waals surface area (Å²) in [4.78, 5) is 0. The third-order valence-electron chi connectivity index (χ3n) is 1.19. The first-order valence-electron chi connectivity index (χ1n) is 2.76. The van der Waals surface area contributed by atoms with Gasteiger partial charge in [0, 0.05) is 6.42 Å². The van der Waals surface area contributed by atoms with Gasteiger partial charge in [0.05, 0.1) is 0 Å². The van der Waals surface area contributed by atoms with E-state index in [4.69, 9.17) is 0 Å². The van der Waals surface area contributed by atoms with Gasteiger partial charge in [-0.25, -0.2) is 0 Å². The molecule has 0 heterocycles. The summed E-state index contributed by atoms with van der Waals surface area (Å²) in [5.74, 6) is -8.05. The Kier molecular flexibility index (Phi) is 2.46. The normalized spacial score (nSPS) is 13.3. The first-order chi connectivity index (χ1) is 4.37. The van der Waals surface area contributed by atoms with E-state index in [2.05, 4.69) is 6.58 Å². The summed E-state index contributed by atoms with van der Waals surface area (Å²) in [5, 5.41) is 0. The molecule has 4 heteroatoms. The Hall–Kier alpha value is -0.540. The SMILES string of the molecule is C=CC(F)(F)C(F)(F)CC. The Balaban J connectivity index is 4.43. The van der Waals surface area contributed by atoms with Crippen molar-refractivity contribution >= 4 is 0 Å². The fraction of sp³-hybridized carbons (Fsp3) is 0.667. The molecule has 0 aromatic carbocycles. The number of halogens is 4. The van der Waals surface area contributed by atoms with Gasteiger partial charge in [0.2, 0.25) is 0 Å². The second-order valence-electron chi connectivity index (χ2n) is 1.89. The summed E-state index contributed by atoms with van der Waals surface area (Å²) in [6.45, 7) is 3.61. The third kappa shape index (κ3) is 1.49. The minimum atomic E-state index is -4.08. The lowest BCUT2D eigenvalue weighted by molar-refractivity contribution is -0.180. The van der Waals surface area contributed by atoms with E-state index in [1.807, 2.05) is 0 Å². The van der Waals surface area contributed by atoms with Gasteiger partial charge in [-0.3, -0.25) is 0 Å². The zero-order chi connectivity index (χ0) is 8.41. The Morgan fingerprint density at radius 2 is 1.70 bits per heavy atom. The Labute approximate surface area is 56.5 Å². The molecule has 0 unspecified atom stereocenters. The van der Waals surface area contributed by atoms with Gasteiger partial charge in [0.15, 0.2) is 0 Å². The highest BCUT2D eigenvalue weighted by molar-refractivity contribution is 4.97. The number of rotatable bonds is 3. The van der Waals surface area contributed by atoms with Crippen molar-refractivity contribution in [1.29, 1.82) is 0 Å². The highest BCUT2D eigenvalue weighted by Crippen LogP contribution is 2.37. The van der Waals surface area contributed by atoms with Crippen LogP contribution in [-0.2, 0) is 0 Å². The molecule has 0 nitrogen and oxygen atoms in total. The predicted molar refractivity (Wildman–Crippen MR) is 30.4 cm³/mol. The third-order valence-corrected chi connectivity index (χ3v) is 1.19. The van der Waals surface area contributed by atoms with Crippen LogP contribution in [0.4, 0.5) is 17.6 Å². The first-order valence-corrected chi connectivity index (χ1v) is 2.76. The standard InChI is InChI=1S/C6H8F4/c1-3-5(7,8)6(9,10)4-2/h3H,1,4H2,2H3. The number of alkyl halides is 4. The van der Waals surface area contributed by atoms with Crippen LogP contribution in [0.2, 0.25) is 0 Å². The fourth-order valence-electron chi connectivity index (χ4n) is 0.385. The van der Waals surface area contributed by atoms with E-state index in [0.717, 1.165) is 6.92 Å². The van der Waals surface area contributed by atoms with Gasteiger partial charge in [0.25, 0.3) is 0 Å². The van der Waals surface area contributed by atoms with Gasteiger partial charge in [-0.15, -0.1) is 0 Å². The molecule has 0 saturated heterocycles. The summed E-state index contributed by atoms with van der Waals surface area (Å²) >= 11 is 0. The number of hydrogen-bond acceptors (Lipinski definition) is 0. The molecular formula is C6H8F4. The summed E-state index contributed by atoms with van der Waals surface area (Å²) in [5.41, 5.74) is 0. The largest absolute Gasteiger partial charge is 0.328 e. The van der Waals surface area contributed by atoms with E-state index in [9.17, 15) is 17.6 Å². The van der Waals surface area contributed by atoms with Crippen LogP contribution >= 0.6 is 0 Å². The Bertz CT molecular complexity index is 128. The van der Waals surface area contributed by atoms with Crippen LogP contribution in [0, 0.1) is 0 Å². The minimum absolute atomic E-state index is 0.0312. The van der Waals surface area contributed by atoms with E-state index in [1.54, 1.807) is 0 Å². The summed E-state index contributed by atoms with van der Waals surface area (Å²) < 4.78 is 48.3. The molecular weight excluding hydrogens is 148 g/mol. The fourth-order valence-corrected chi connectivity index (χ4v) is 0.385. The van der Waals surface area contributed by atoms with Crippen LogP contribution in [0.25, 0.3) is 0 Å². The highest BCUT2D eigenvalue weighted by Gasteiger charge is 2.51. The average Bonchev–Trinajstić information content (AvgIpc) is 1.88. The first kappa shape index (κ1) is 9.46. The molecule has 0 fully saturated rings. The Morgan fingerprint density at radius 1 is 1.30 bits per heavy atom. The molecule has 0 aromatic rings. The van der Waals surface area contributed by atoms with E-state index < -0.39 is 18.3 Å². The van der Waals surface area contributed by atoms with Gasteiger partial charge >= 0.3 is 11.8 Å². The average molecular weight is 156 g/mol. The molecule has 0 atom stereocenters. The van der Waals surface area contributed by atoms with E-state index in [-0.39, 0.29) is 6.08 Å². The maximum Gasteiger partial charge on any atom is 0.328 e. The number of allylic oxidation sites excluding steroid dienone is 1. The maximum atomic E-state index is 12.1. The lowest BCUT2D eigenvalue weighted by Crippen LogP contribution is -2.37. The highest BCUT2D eigenvalue weighted by atomic mass is 19.3. The van der Waals surface area contributed by atoms with Crippen LogP contribution in [0.3, 0.4) is 0 Å². The van der Waals surface area contributed by atoms with Crippen molar-refractivity contribution in [2.24, 2.45) is 0 Å². The van der Waals surface area contributed by atoms with Gasteiger partial charge in [0.1, 0.15) is 0 Å².